The molecule has 0 atom stereocenters. The molecule has 1 aliphatic heterocycles. The number of piperazine rings is 1. The zero-order valence-electron chi connectivity index (χ0n) is 16.1. The highest BCUT2D eigenvalue weighted by Gasteiger charge is 2.26. The average Bonchev–Trinajstić information content (AvgIpc) is 3.13. The van der Waals surface area contributed by atoms with Crippen LogP contribution in [-0.4, -0.2) is 64.2 Å². The third-order valence-corrected chi connectivity index (χ3v) is 5.11. The van der Waals surface area contributed by atoms with E-state index in [4.69, 9.17) is 0 Å². The minimum atomic E-state index is -0.379. The molecule has 1 aromatic carbocycles. The van der Waals surface area contributed by atoms with Gasteiger partial charge >= 0.3 is 0 Å². The minimum absolute atomic E-state index is 0.183. The van der Waals surface area contributed by atoms with Gasteiger partial charge in [0.1, 0.15) is 5.82 Å². The lowest BCUT2D eigenvalue weighted by atomic mass is 10.2. The summed E-state index contributed by atoms with van der Waals surface area (Å²) in [4.78, 5) is 34.1. The Kier molecular flexibility index (Phi) is 5.26. The molecule has 8 heteroatoms. The van der Waals surface area contributed by atoms with Gasteiger partial charge in [0.15, 0.2) is 5.69 Å². The lowest BCUT2D eigenvalue weighted by Gasteiger charge is -2.31. The standard InChI is InChI=1S/C21H22FN5O2/c1-25-10-12-26(13-11-25)21(29)19-24-18(17-4-2-3-9-27(17)19)20(28)23-14-15-5-7-16(22)8-6-15/h2-9H,10-14H2,1H3,(H,23,28). The second-order valence-electron chi connectivity index (χ2n) is 7.14. The van der Waals surface area contributed by atoms with Crippen molar-refractivity contribution in [3.63, 3.8) is 0 Å². The van der Waals surface area contributed by atoms with Gasteiger partial charge in [0, 0.05) is 38.9 Å². The van der Waals surface area contributed by atoms with Crippen molar-refractivity contribution in [2.45, 2.75) is 6.54 Å². The van der Waals surface area contributed by atoms with Crippen LogP contribution in [0.15, 0.2) is 48.7 Å². The van der Waals surface area contributed by atoms with Crippen LogP contribution in [0.2, 0.25) is 0 Å². The molecule has 7 nitrogen and oxygen atoms in total. The van der Waals surface area contributed by atoms with Crippen LogP contribution in [-0.2, 0) is 6.54 Å². The van der Waals surface area contributed by atoms with Gasteiger partial charge in [0.2, 0.25) is 5.82 Å². The van der Waals surface area contributed by atoms with Gasteiger partial charge in [-0.25, -0.2) is 9.37 Å². The van der Waals surface area contributed by atoms with Crippen LogP contribution >= 0.6 is 0 Å². The molecule has 3 aromatic rings. The van der Waals surface area contributed by atoms with E-state index in [0.29, 0.717) is 18.6 Å². The maximum Gasteiger partial charge on any atom is 0.290 e. The number of likely N-dealkylation sites (N-methyl/N-ethyl adjacent to an activating group) is 1. The van der Waals surface area contributed by atoms with E-state index in [-0.39, 0.29) is 35.7 Å². The molecule has 0 unspecified atom stereocenters. The van der Waals surface area contributed by atoms with Crippen molar-refractivity contribution in [3.8, 4) is 0 Å². The number of carbonyl (C=O) groups is 2. The summed E-state index contributed by atoms with van der Waals surface area (Å²) in [7, 11) is 2.02. The summed E-state index contributed by atoms with van der Waals surface area (Å²) in [5, 5.41) is 2.80. The first-order valence-electron chi connectivity index (χ1n) is 9.50. The van der Waals surface area contributed by atoms with E-state index >= 15 is 0 Å². The second kappa shape index (κ2) is 8.00. The number of aromatic nitrogens is 2. The molecule has 1 aliphatic rings. The molecule has 0 spiro atoms. The van der Waals surface area contributed by atoms with Crippen LogP contribution in [0.4, 0.5) is 4.39 Å². The molecule has 3 heterocycles. The van der Waals surface area contributed by atoms with Gasteiger partial charge in [-0.05, 0) is 36.9 Å². The van der Waals surface area contributed by atoms with Crippen LogP contribution in [0.1, 0.15) is 26.7 Å². The Bertz CT molecular complexity index is 1040. The Morgan fingerprint density at radius 3 is 2.52 bits per heavy atom. The highest BCUT2D eigenvalue weighted by Crippen LogP contribution is 2.16. The van der Waals surface area contributed by atoms with Crippen molar-refractivity contribution in [1.29, 1.82) is 0 Å². The molecule has 0 aliphatic carbocycles. The van der Waals surface area contributed by atoms with Gasteiger partial charge in [0.25, 0.3) is 11.8 Å². The molecule has 1 fully saturated rings. The molecule has 0 saturated carbocycles. The highest BCUT2D eigenvalue weighted by atomic mass is 19.1. The fourth-order valence-electron chi connectivity index (χ4n) is 3.38. The van der Waals surface area contributed by atoms with Gasteiger partial charge in [-0.1, -0.05) is 18.2 Å². The summed E-state index contributed by atoms with van der Waals surface area (Å²) >= 11 is 0. The van der Waals surface area contributed by atoms with Gasteiger partial charge in [-0.3, -0.25) is 14.0 Å². The number of halogens is 1. The van der Waals surface area contributed by atoms with Crippen molar-refractivity contribution in [1.82, 2.24) is 24.5 Å². The monoisotopic (exact) mass is 395 g/mol. The number of benzene rings is 1. The molecule has 0 bridgehead atoms. The number of hydrogen-bond donors (Lipinski definition) is 1. The van der Waals surface area contributed by atoms with Crippen molar-refractivity contribution in [3.05, 3.63) is 71.6 Å². The zero-order chi connectivity index (χ0) is 20.4. The van der Waals surface area contributed by atoms with E-state index in [1.54, 1.807) is 45.8 Å². The van der Waals surface area contributed by atoms with Crippen LogP contribution < -0.4 is 5.32 Å². The van der Waals surface area contributed by atoms with Crippen molar-refractivity contribution >= 4 is 17.3 Å². The van der Waals surface area contributed by atoms with Crippen molar-refractivity contribution < 1.29 is 14.0 Å². The van der Waals surface area contributed by atoms with E-state index in [9.17, 15) is 14.0 Å². The third-order valence-electron chi connectivity index (χ3n) is 5.11. The molecule has 150 valence electrons. The molecular formula is C21H22FN5O2. The number of carbonyl (C=O) groups excluding carboxylic acids is 2. The Morgan fingerprint density at radius 1 is 1.07 bits per heavy atom. The predicted octanol–water partition coefficient (Wildman–Crippen LogP) is 1.79. The summed E-state index contributed by atoms with van der Waals surface area (Å²) in [5.41, 5.74) is 1.55. The van der Waals surface area contributed by atoms with E-state index < -0.39 is 0 Å². The summed E-state index contributed by atoms with van der Waals surface area (Å²) in [6.07, 6.45) is 1.74. The second-order valence-corrected chi connectivity index (χ2v) is 7.14. The first kappa shape index (κ1) is 19.1. The van der Waals surface area contributed by atoms with Gasteiger partial charge < -0.3 is 15.1 Å². The largest absolute Gasteiger partial charge is 0.347 e. The number of imidazole rings is 1. The van der Waals surface area contributed by atoms with Gasteiger partial charge in [-0.2, -0.15) is 0 Å². The summed E-state index contributed by atoms with van der Waals surface area (Å²) in [5.74, 6) is -0.656. The number of hydrogen-bond acceptors (Lipinski definition) is 4. The van der Waals surface area contributed by atoms with Crippen LogP contribution in [0.5, 0.6) is 0 Å². The number of nitrogens with zero attached hydrogens (tertiary/aromatic N) is 4. The zero-order valence-corrected chi connectivity index (χ0v) is 16.1. The molecule has 4 rings (SSSR count). The highest BCUT2D eigenvalue weighted by molar-refractivity contribution is 6.02. The summed E-state index contributed by atoms with van der Waals surface area (Å²) < 4.78 is 14.7. The van der Waals surface area contributed by atoms with E-state index in [1.165, 1.54) is 12.1 Å². The Hall–Kier alpha value is -3.26. The van der Waals surface area contributed by atoms with Gasteiger partial charge in [0.05, 0.1) is 5.52 Å². The lowest BCUT2D eigenvalue weighted by Crippen LogP contribution is -2.47. The normalized spacial score (nSPS) is 14.9. The number of fused-ring (bicyclic) bond motifs is 1. The summed E-state index contributed by atoms with van der Waals surface area (Å²) in [6, 6.07) is 11.3. The maximum absolute atomic E-state index is 13.0. The van der Waals surface area contributed by atoms with Crippen LogP contribution in [0.3, 0.4) is 0 Å². The van der Waals surface area contributed by atoms with Gasteiger partial charge in [-0.15, -0.1) is 0 Å². The van der Waals surface area contributed by atoms with E-state index in [2.05, 4.69) is 15.2 Å². The van der Waals surface area contributed by atoms with E-state index in [0.717, 1.165) is 18.7 Å². The molecular weight excluding hydrogens is 373 g/mol. The molecule has 29 heavy (non-hydrogen) atoms. The smallest absolute Gasteiger partial charge is 0.290 e. The molecule has 1 N–H and O–H groups in total. The van der Waals surface area contributed by atoms with Crippen molar-refractivity contribution in [2.24, 2.45) is 0 Å². The number of nitrogens with one attached hydrogen (secondary N) is 1. The maximum atomic E-state index is 13.0. The predicted molar refractivity (Wildman–Crippen MR) is 106 cm³/mol. The van der Waals surface area contributed by atoms with Crippen LogP contribution in [0.25, 0.3) is 5.52 Å². The Morgan fingerprint density at radius 2 is 1.79 bits per heavy atom. The number of pyridine rings is 1. The average molecular weight is 395 g/mol. The first-order valence-corrected chi connectivity index (χ1v) is 9.50. The molecule has 1 saturated heterocycles. The lowest BCUT2D eigenvalue weighted by molar-refractivity contribution is 0.0651. The van der Waals surface area contributed by atoms with Crippen LogP contribution in [0, 0.1) is 5.82 Å². The fraction of sp³-hybridized carbons (Fsp3) is 0.286. The topological polar surface area (TPSA) is 69.9 Å². The first-order chi connectivity index (χ1) is 14.0. The number of rotatable bonds is 4. The summed E-state index contributed by atoms with van der Waals surface area (Å²) in [6.45, 7) is 3.11. The minimum Gasteiger partial charge on any atom is -0.347 e. The molecule has 0 radical (unpaired) electrons. The fourth-order valence-corrected chi connectivity index (χ4v) is 3.38. The van der Waals surface area contributed by atoms with Crippen molar-refractivity contribution in [2.75, 3.05) is 33.2 Å². The molecule has 2 aromatic heterocycles. The van der Waals surface area contributed by atoms with E-state index in [1.807, 2.05) is 7.05 Å². The Labute approximate surface area is 167 Å². The Balaban J connectivity index is 1.57. The number of amides is 2. The quantitative estimate of drug-likeness (QED) is 0.731. The SMILES string of the molecule is CN1CCN(C(=O)c2nc(C(=O)NCc3ccc(F)cc3)c3ccccn23)CC1. The third kappa shape index (κ3) is 3.97. The molecule has 2 amide bonds.